The van der Waals surface area contributed by atoms with Crippen LogP contribution in [-0.2, 0) is 14.6 Å². The molecule has 1 aliphatic heterocycles. The van der Waals surface area contributed by atoms with Gasteiger partial charge in [0.05, 0.1) is 42.6 Å². The quantitative estimate of drug-likeness (QED) is 0.534. The Kier molecular flexibility index (Phi) is 4.03. The highest BCUT2D eigenvalue weighted by molar-refractivity contribution is 7.90. The van der Waals surface area contributed by atoms with Crippen molar-refractivity contribution in [2.45, 2.75) is 18.0 Å². The molecule has 5 rings (SSSR count). The summed E-state index contributed by atoms with van der Waals surface area (Å²) in [5, 5.41) is 12.8. The zero-order valence-corrected chi connectivity index (χ0v) is 16.7. The normalized spacial score (nSPS) is 18.0. The Hall–Kier alpha value is -3.05. The van der Waals surface area contributed by atoms with E-state index in [0.29, 0.717) is 42.1 Å². The zero-order valence-electron chi connectivity index (χ0n) is 15.9. The zero-order chi connectivity index (χ0) is 20.2. The summed E-state index contributed by atoms with van der Waals surface area (Å²) >= 11 is 0. The van der Waals surface area contributed by atoms with Crippen molar-refractivity contribution in [3.05, 3.63) is 30.6 Å². The Morgan fingerprint density at radius 1 is 1.21 bits per heavy atom. The van der Waals surface area contributed by atoms with Crippen LogP contribution in [0.3, 0.4) is 0 Å². The molecule has 0 aliphatic carbocycles. The summed E-state index contributed by atoms with van der Waals surface area (Å²) in [7, 11) is -3.46. The topological polar surface area (TPSA) is 119 Å². The summed E-state index contributed by atoms with van der Waals surface area (Å²) in [5.41, 5.74) is 1.13. The van der Waals surface area contributed by atoms with Crippen molar-refractivity contribution in [2.75, 3.05) is 30.9 Å². The number of nitrogens with zero attached hydrogens (tertiary/aromatic N) is 6. The van der Waals surface area contributed by atoms with Crippen molar-refractivity contribution in [3.8, 4) is 5.82 Å². The molecule has 0 aromatic carbocycles. The molecule has 1 aliphatic rings. The van der Waals surface area contributed by atoms with Crippen LogP contribution >= 0.6 is 0 Å². The lowest BCUT2D eigenvalue weighted by Crippen LogP contribution is -2.44. The first-order valence-corrected chi connectivity index (χ1v) is 11.1. The largest absolute Gasteiger partial charge is 0.377 e. The maximum Gasteiger partial charge on any atom is 0.192 e. The van der Waals surface area contributed by atoms with Gasteiger partial charge in [0.2, 0.25) is 0 Å². The first-order valence-electron chi connectivity index (χ1n) is 9.16. The molecule has 0 amide bonds. The third kappa shape index (κ3) is 2.93. The molecule has 1 fully saturated rings. The number of hydrogen-bond donors (Lipinski definition) is 1. The van der Waals surface area contributed by atoms with Crippen LogP contribution in [0.5, 0.6) is 0 Å². The Balaban J connectivity index is 1.85. The van der Waals surface area contributed by atoms with Crippen molar-refractivity contribution in [2.24, 2.45) is 0 Å². The summed E-state index contributed by atoms with van der Waals surface area (Å²) in [6.07, 6.45) is 4.44. The molecule has 0 spiro atoms. The van der Waals surface area contributed by atoms with Crippen LogP contribution in [-0.4, -0.2) is 70.4 Å². The van der Waals surface area contributed by atoms with Crippen LogP contribution < -0.4 is 4.90 Å². The minimum Gasteiger partial charge on any atom is -0.377 e. The molecule has 5 heterocycles. The fraction of sp³-hybridized carbons (Fsp3) is 0.333. The molecule has 0 radical (unpaired) electrons. The van der Waals surface area contributed by atoms with Crippen LogP contribution in [0.4, 0.5) is 5.82 Å². The molecule has 150 valence electrons. The van der Waals surface area contributed by atoms with Crippen molar-refractivity contribution in [1.82, 2.24) is 29.9 Å². The van der Waals surface area contributed by atoms with E-state index in [1.54, 1.807) is 29.2 Å². The third-order valence-electron chi connectivity index (χ3n) is 5.06. The maximum absolute atomic E-state index is 12.1. The van der Waals surface area contributed by atoms with Gasteiger partial charge in [-0.3, -0.25) is 5.10 Å². The number of aromatic nitrogens is 6. The summed E-state index contributed by atoms with van der Waals surface area (Å²) < 4.78 is 31.4. The van der Waals surface area contributed by atoms with E-state index in [1.165, 1.54) is 6.07 Å². The number of ether oxygens (including phenoxy) is 1. The number of rotatable bonds is 3. The van der Waals surface area contributed by atoms with E-state index in [9.17, 15) is 8.42 Å². The van der Waals surface area contributed by atoms with Crippen molar-refractivity contribution in [3.63, 3.8) is 0 Å². The van der Waals surface area contributed by atoms with Gasteiger partial charge in [0.15, 0.2) is 26.3 Å². The van der Waals surface area contributed by atoms with E-state index < -0.39 is 9.84 Å². The van der Waals surface area contributed by atoms with E-state index >= 15 is 0 Å². The van der Waals surface area contributed by atoms with Gasteiger partial charge in [0, 0.05) is 24.3 Å². The molecule has 1 atom stereocenters. The van der Waals surface area contributed by atoms with Crippen LogP contribution in [0.15, 0.2) is 35.6 Å². The highest BCUT2D eigenvalue weighted by Crippen LogP contribution is 2.33. The van der Waals surface area contributed by atoms with Gasteiger partial charge in [0.1, 0.15) is 5.82 Å². The number of H-pyrrole nitrogens is 1. The Bertz CT molecular complexity index is 1310. The second kappa shape index (κ2) is 6.49. The molecule has 11 heteroatoms. The van der Waals surface area contributed by atoms with E-state index in [-0.39, 0.29) is 11.1 Å². The number of pyridine rings is 2. The maximum atomic E-state index is 12.1. The lowest BCUT2D eigenvalue weighted by molar-refractivity contribution is 0.0987. The molecule has 4 aromatic heterocycles. The number of sulfone groups is 1. The van der Waals surface area contributed by atoms with Crippen LogP contribution in [0, 0.1) is 0 Å². The molecule has 1 N–H and O–H groups in total. The molecule has 10 nitrogen and oxygen atoms in total. The number of aromatic amines is 1. The summed E-state index contributed by atoms with van der Waals surface area (Å²) in [6.45, 7) is 3.94. The number of anilines is 1. The van der Waals surface area contributed by atoms with Gasteiger partial charge in [0.25, 0.3) is 0 Å². The molecule has 29 heavy (non-hydrogen) atoms. The van der Waals surface area contributed by atoms with Crippen LogP contribution in [0.25, 0.3) is 27.8 Å². The first-order chi connectivity index (χ1) is 13.9. The van der Waals surface area contributed by atoms with Gasteiger partial charge in [-0.05, 0) is 19.1 Å². The Morgan fingerprint density at radius 3 is 2.79 bits per heavy atom. The Morgan fingerprint density at radius 2 is 2.07 bits per heavy atom. The molecule has 1 saturated heterocycles. The Labute approximate surface area is 166 Å². The number of hydrogen-bond acceptors (Lipinski definition) is 8. The fourth-order valence-electron chi connectivity index (χ4n) is 3.61. The van der Waals surface area contributed by atoms with Crippen molar-refractivity contribution in [1.29, 1.82) is 0 Å². The average molecular weight is 413 g/mol. The third-order valence-corrected chi connectivity index (χ3v) is 6.04. The average Bonchev–Trinajstić information content (AvgIpc) is 3.36. The molecule has 0 bridgehead atoms. The van der Waals surface area contributed by atoms with Crippen LogP contribution in [0.1, 0.15) is 6.92 Å². The standard InChI is InChI=1S/C18H19N7O3S/c1-11-10-28-8-7-24(11)17-12-3-4-15(29(2,26)27)21-16(12)13-9-20-25(18(13)22-17)14-5-6-19-23-14/h3-6,9,11H,7-8,10H2,1-2H3,(H,19,23)/t11-/m1/s1. The van der Waals surface area contributed by atoms with Gasteiger partial charge in [-0.2, -0.15) is 14.9 Å². The predicted molar refractivity (Wildman–Crippen MR) is 107 cm³/mol. The van der Waals surface area contributed by atoms with E-state index in [0.717, 1.165) is 17.5 Å². The van der Waals surface area contributed by atoms with Gasteiger partial charge < -0.3 is 9.64 Å². The summed E-state index contributed by atoms with van der Waals surface area (Å²) in [4.78, 5) is 11.6. The van der Waals surface area contributed by atoms with Gasteiger partial charge >= 0.3 is 0 Å². The molecular formula is C18H19N7O3S. The first kappa shape index (κ1) is 18.0. The summed E-state index contributed by atoms with van der Waals surface area (Å²) in [6, 6.07) is 5.21. The highest BCUT2D eigenvalue weighted by Gasteiger charge is 2.25. The van der Waals surface area contributed by atoms with E-state index in [1.807, 2.05) is 0 Å². The van der Waals surface area contributed by atoms with Crippen molar-refractivity contribution < 1.29 is 13.2 Å². The highest BCUT2D eigenvalue weighted by atomic mass is 32.2. The molecule has 4 aromatic rings. The second-order valence-electron chi connectivity index (χ2n) is 7.11. The van der Waals surface area contributed by atoms with E-state index in [4.69, 9.17) is 9.72 Å². The van der Waals surface area contributed by atoms with Gasteiger partial charge in [-0.25, -0.2) is 18.4 Å². The number of morpholine rings is 1. The monoisotopic (exact) mass is 413 g/mol. The summed E-state index contributed by atoms with van der Waals surface area (Å²) in [5.74, 6) is 1.39. The van der Waals surface area contributed by atoms with Crippen molar-refractivity contribution >= 4 is 37.6 Å². The number of fused-ring (bicyclic) bond motifs is 3. The minimum atomic E-state index is -3.46. The minimum absolute atomic E-state index is 0.0211. The van der Waals surface area contributed by atoms with Gasteiger partial charge in [-0.1, -0.05) is 0 Å². The number of nitrogens with one attached hydrogen (secondary N) is 1. The van der Waals surface area contributed by atoms with E-state index in [2.05, 4.69) is 32.1 Å². The van der Waals surface area contributed by atoms with Gasteiger partial charge in [-0.15, -0.1) is 0 Å². The predicted octanol–water partition coefficient (Wildman–Crippen LogP) is 1.32. The smallest absolute Gasteiger partial charge is 0.192 e. The second-order valence-corrected chi connectivity index (χ2v) is 9.07. The van der Waals surface area contributed by atoms with Crippen LogP contribution in [0.2, 0.25) is 0 Å². The fourth-order valence-corrected chi connectivity index (χ4v) is 4.19. The molecular weight excluding hydrogens is 394 g/mol. The molecule has 0 saturated carbocycles. The molecule has 0 unspecified atom stereocenters. The lowest BCUT2D eigenvalue weighted by atomic mass is 10.1. The SMILES string of the molecule is C[C@@H]1COCCN1c1nc2c(cnn2-c2ccn[nH]2)c2nc(S(C)(=O)=O)ccc12. The lowest BCUT2D eigenvalue weighted by Gasteiger charge is -2.35.